The second-order valence-electron chi connectivity index (χ2n) is 8.21. The van der Waals surface area contributed by atoms with Gasteiger partial charge in [0.2, 0.25) is 0 Å². The van der Waals surface area contributed by atoms with Gasteiger partial charge in [-0.05, 0) is 67.8 Å². The molecule has 3 rings (SSSR count). The smallest absolute Gasteiger partial charge is 0.343 e. The summed E-state index contributed by atoms with van der Waals surface area (Å²) in [7, 11) is 0. The fraction of sp³-hybridized carbons (Fsp3) is 0.267. The van der Waals surface area contributed by atoms with Crippen molar-refractivity contribution in [3.05, 3.63) is 91.0 Å². The summed E-state index contributed by atoms with van der Waals surface area (Å²) in [6.45, 7) is 6.72. The Kier molecular flexibility index (Phi) is 11.5. The standard InChI is InChI=1S/C30H32N2O6/c1-3-5-19-35-25-15-13-23(14-16-25)30(34)38-26-17-18-27(32-31-24-11-7-6-8-12-24)28(22-26)36-20-9-10-21-37-29(33)4-2/h4,6-8,11-18,22H,2-3,5,9-10,19-21H2,1H3. The van der Waals surface area contributed by atoms with Crippen LogP contribution in [0, 0.1) is 0 Å². The molecule has 0 spiro atoms. The summed E-state index contributed by atoms with van der Waals surface area (Å²) >= 11 is 0. The summed E-state index contributed by atoms with van der Waals surface area (Å²) < 4.78 is 22.1. The highest BCUT2D eigenvalue weighted by Crippen LogP contribution is 2.33. The molecule has 3 aromatic rings. The lowest BCUT2D eigenvalue weighted by Gasteiger charge is -2.11. The minimum absolute atomic E-state index is 0.273. The van der Waals surface area contributed by atoms with Crippen LogP contribution in [0.5, 0.6) is 17.2 Å². The van der Waals surface area contributed by atoms with E-state index in [9.17, 15) is 9.59 Å². The van der Waals surface area contributed by atoms with Crippen molar-refractivity contribution in [1.82, 2.24) is 0 Å². The van der Waals surface area contributed by atoms with Crippen molar-refractivity contribution in [1.29, 1.82) is 0 Å². The van der Waals surface area contributed by atoms with Crippen LogP contribution < -0.4 is 14.2 Å². The second kappa shape index (κ2) is 15.6. The molecule has 0 unspecified atom stereocenters. The number of azo groups is 1. The van der Waals surface area contributed by atoms with Gasteiger partial charge >= 0.3 is 11.9 Å². The Morgan fingerprint density at radius 2 is 1.53 bits per heavy atom. The van der Waals surface area contributed by atoms with Gasteiger partial charge in [0.15, 0.2) is 5.75 Å². The molecule has 198 valence electrons. The van der Waals surface area contributed by atoms with E-state index in [1.807, 2.05) is 30.3 Å². The average molecular weight is 517 g/mol. The van der Waals surface area contributed by atoms with Crippen molar-refractivity contribution in [2.45, 2.75) is 32.6 Å². The van der Waals surface area contributed by atoms with Crippen LogP contribution in [0.15, 0.2) is 95.7 Å². The van der Waals surface area contributed by atoms with E-state index in [2.05, 4.69) is 23.7 Å². The summed E-state index contributed by atoms with van der Waals surface area (Å²) in [5.74, 6) is 0.476. The Morgan fingerprint density at radius 3 is 2.26 bits per heavy atom. The number of hydrogen-bond donors (Lipinski definition) is 0. The molecule has 8 nitrogen and oxygen atoms in total. The van der Waals surface area contributed by atoms with Crippen molar-refractivity contribution in [3.8, 4) is 17.2 Å². The number of esters is 2. The number of unbranched alkanes of at least 4 members (excludes halogenated alkanes) is 2. The first kappa shape index (κ1) is 28.1. The Bertz CT molecular complexity index is 1210. The molecule has 8 heteroatoms. The first-order chi connectivity index (χ1) is 18.6. The van der Waals surface area contributed by atoms with Gasteiger partial charge < -0.3 is 18.9 Å². The van der Waals surface area contributed by atoms with E-state index in [4.69, 9.17) is 18.9 Å². The van der Waals surface area contributed by atoms with Crippen LogP contribution in [0.3, 0.4) is 0 Å². The molecular formula is C30H32N2O6. The fourth-order valence-electron chi connectivity index (χ4n) is 3.17. The van der Waals surface area contributed by atoms with Crippen LogP contribution in [0.1, 0.15) is 43.0 Å². The van der Waals surface area contributed by atoms with Crippen molar-refractivity contribution < 1.29 is 28.5 Å². The molecule has 3 aromatic carbocycles. The van der Waals surface area contributed by atoms with Gasteiger partial charge in [-0.3, -0.25) is 0 Å². The highest BCUT2D eigenvalue weighted by molar-refractivity contribution is 5.91. The third-order valence-electron chi connectivity index (χ3n) is 5.24. The van der Waals surface area contributed by atoms with Crippen LogP contribution in [-0.4, -0.2) is 31.8 Å². The van der Waals surface area contributed by atoms with Crippen LogP contribution >= 0.6 is 0 Å². The maximum absolute atomic E-state index is 12.7. The van der Waals surface area contributed by atoms with Gasteiger partial charge in [0.1, 0.15) is 17.2 Å². The van der Waals surface area contributed by atoms with Crippen molar-refractivity contribution in [2.24, 2.45) is 10.2 Å². The number of rotatable bonds is 15. The molecule has 0 N–H and O–H groups in total. The molecule has 38 heavy (non-hydrogen) atoms. The molecule has 0 aromatic heterocycles. The van der Waals surface area contributed by atoms with Gasteiger partial charge in [-0.2, -0.15) is 5.11 Å². The SMILES string of the molecule is C=CC(=O)OCCCCOc1cc(OC(=O)c2ccc(OCCCC)cc2)ccc1N=Nc1ccccc1. The van der Waals surface area contributed by atoms with Gasteiger partial charge in [-0.25, -0.2) is 9.59 Å². The summed E-state index contributed by atoms with van der Waals surface area (Å²) in [5, 5.41) is 8.56. The minimum atomic E-state index is -0.501. The number of carbonyl (C=O) groups is 2. The molecule has 0 amide bonds. The molecule has 0 saturated carbocycles. The lowest BCUT2D eigenvalue weighted by molar-refractivity contribution is -0.137. The third kappa shape index (κ3) is 9.54. The lowest BCUT2D eigenvalue weighted by atomic mass is 10.2. The first-order valence-electron chi connectivity index (χ1n) is 12.6. The van der Waals surface area contributed by atoms with E-state index in [0.717, 1.165) is 18.9 Å². The number of nitrogens with zero attached hydrogens (tertiary/aromatic N) is 2. The normalized spacial score (nSPS) is 10.7. The summed E-state index contributed by atoms with van der Waals surface area (Å²) in [6.07, 6.45) is 4.40. The minimum Gasteiger partial charge on any atom is -0.494 e. The third-order valence-corrected chi connectivity index (χ3v) is 5.24. The Balaban J connectivity index is 1.66. The number of hydrogen-bond acceptors (Lipinski definition) is 8. The average Bonchev–Trinajstić information content (AvgIpc) is 2.95. The molecule has 0 aliphatic heterocycles. The zero-order chi connectivity index (χ0) is 27.0. The summed E-state index contributed by atoms with van der Waals surface area (Å²) in [5.41, 5.74) is 1.58. The highest BCUT2D eigenvalue weighted by Gasteiger charge is 2.12. The van der Waals surface area contributed by atoms with Crippen LogP contribution in [0.2, 0.25) is 0 Å². The van der Waals surface area contributed by atoms with Crippen LogP contribution in [-0.2, 0) is 9.53 Å². The zero-order valence-corrected chi connectivity index (χ0v) is 21.5. The molecule has 0 saturated heterocycles. The predicted octanol–water partition coefficient (Wildman–Crippen LogP) is 7.39. The molecule has 0 aliphatic carbocycles. The largest absolute Gasteiger partial charge is 0.494 e. The Labute approximate surface area is 222 Å². The van der Waals surface area contributed by atoms with E-state index in [0.29, 0.717) is 60.2 Å². The van der Waals surface area contributed by atoms with E-state index in [-0.39, 0.29) is 6.61 Å². The summed E-state index contributed by atoms with van der Waals surface area (Å²) in [6, 6.07) is 21.1. The van der Waals surface area contributed by atoms with Crippen LogP contribution in [0.4, 0.5) is 11.4 Å². The molecular weight excluding hydrogens is 484 g/mol. The Morgan fingerprint density at radius 1 is 0.816 bits per heavy atom. The van der Waals surface area contributed by atoms with E-state index in [1.54, 1.807) is 42.5 Å². The van der Waals surface area contributed by atoms with Crippen molar-refractivity contribution in [3.63, 3.8) is 0 Å². The fourth-order valence-corrected chi connectivity index (χ4v) is 3.17. The first-order valence-corrected chi connectivity index (χ1v) is 12.6. The molecule has 0 atom stereocenters. The van der Waals surface area contributed by atoms with E-state index in [1.165, 1.54) is 0 Å². The van der Waals surface area contributed by atoms with E-state index >= 15 is 0 Å². The molecule has 0 fully saturated rings. The van der Waals surface area contributed by atoms with Gasteiger partial charge in [0, 0.05) is 12.1 Å². The van der Waals surface area contributed by atoms with Gasteiger partial charge in [-0.1, -0.05) is 38.1 Å². The van der Waals surface area contributed by atoms with Gasteiger partial charge in [0.25, 0.3) is 0 Å². The number of benzene rings is 3. The second-order valence-corrected chi connectivity index (χ2v) is 8.21. The number of ether oxygens (including phenoxy) is 4. The topological polar surface area (TPSA) is 95.8 Å². The summed E-state index contributed by atoms with van der Waals surface area (Å²) in [4.78, 5) is 23.9. The molecule has 0 radical (unpaired) electrons. The molecule has 0 aliphatic rings. The van der Waals surface area contributed by atoms with Crippen LogP contribution in [0.25, 0.3) is 0 Å². The maximum Gasteiger partial charge on any atom is 0.343 e. The molecule has 0 bridgehead atoms. The Hall–Kier alpha value is -4.46. The van der Waals surface area contributed by atoms with Crippen molar-refractivity contribution in [2.75, 3.05) is 19.8 Å². The maximum atomic E-state index is 12.7. The zero-order valence-electron chi connectivity index (χ0n) is 21.5. The number of carbonyl (C=O) groups excluding carboxylic acids is 2. The monoisotopic (exact) mass is 516 g/mol. The predicted molar refractivity (Wildman–Crippen MR) is 145 cm³/mol. The molecule has 0 heterocycles. The van der Waals surface area contributed by atoms with E-state index < -0.39 is 11.9 Å². The van der Waals surface area contributed by atoms with Gasteiger partial charge in [0.05, 0.1) is 31.1 Å². The van der Waals surface area contributed by atoms with Gasteiger partial charge in [-0.15, -0.1) is 5.11 Å². The quantitative estimate of drug-likeness (QED) is 0.0687. The lowest BCUT2D eigenvalue weighted by Crippen LogP contribution is -2.09. The van der Waals surface area contributed by atoms with Crippen molar-refractivity contribution >= 4 is 23.3 Å². The highest BCUT2D eigenvalue weighted by atomic mass is 16.5.